The predicted octanol–water partition coefficient (Wildman–Crippen LogP) is 24.3. The highest BCUT2D eigenvalue weighted by atomic mass is 16.6. The first kappa shape index (κ1) is 77.1. The van der Waals surface area contributed by atoms with Gasteiger partial charge in [-0.1, -0.05) is 313 Å². The van der Waals surface area contributed by atoms with Crippen molar-refractivity contribution >= 4 is 17.9 Å². The molecule has 0 aromatic heterocycles. The van der Waals surface area contributed by atoms with E-state index in [0.717, 1.165) is 83.5 Å². The molecule has 6 heteroatoms. The van der Waals surface area contributed by atoms with Gasteiger partial charge in [0.2, 0.25) is 0 Å². The second-order valence-electron chi connectivity index (χ2n) is 23.8. The highest BCUT2D eigenvalue weighted by Crippen LogP contribution is 2.18. The maximum atomic E-state index is 13.0. The van der Waals surface area contributed by atoms with Gasteiger partial charge >= 0.3 is 17.9 Å². The van der Waals surface area contributed by atoms with Crippen LogP contribution in [0, 0.1) is 0 Å². The lowest BCUT2D eigenvalue weighted by molar-refractivity contribution is -0.167. The lowest BCUT2D eigenvalue weighted by Gasteiger charge is -2.18. The van der Waals surface area contributed by atoms with E-state index in [1.54, 1.807) is 0 Å². The van der Waals surface area contributed by atoms with Crippen molar-refractivity contribution in [3.05, 3.63) is 60.8 Å². The highest BCUT2D eigenvalue weighted by Gasteiger charge is 2.19. The third kappa shape index (κ3) is 65.9. The van der Waals surface area contributed by atoms with Gasteiger partial charge in [0.15, 0.2) is 6.10 Å². The summed E-state index contributed by atoms with van der Waals surface area (Å²) in [7, 11) is 0. The van der Waals surface area contributed by atoms with E-state index in [2.05, 4.69) is 81.5 Å². The number of hydrogen-bond acceptors (Lipinski definition) is 6. The minimum absolute atomic E-state index is 0.0769. The number of carbonyl (C=O) groups excluding carboxylic acids is 3. The van der Waals surface area contributed by atoms with E-state index >= 15 is 0 Å². The molecule has 0 radical (unpaired) electrons. The molecule has 0 aromatic carbocycles. The van der Waals surface area contributed by atoms with Gasteiger partial charge in [0, 0.05) is 19.3 Å². The van der Waals surface area contributed by atoms with E-state index in [0.29, 0.717) is 19.3 Å². The first-order valence-electron chi connectivity index (χ1n) is 35.3. The van der Waals surface area contributed by atoms with Crippen LogP contribution in [0.25, 0.3) is 0 Å². The van der Waals surface area contributed by atoms with Crippen molar-refractivity contribution < 1.29 is 28.6 Å². The maximum Gasteiger partial charge on any atom is 0.306 e. The van der Waals surface area contributed by atoms with Crippen LogP contribution in [0.5, 0.6) is 0 Å². The fourth-order valence-electron chi connectivity index (χ4n) is 10.4. The van der Waals surface area contributed by atoms with Crippen molar-refractivity contribution in [2.75, 3.05) is 13.2 Å². The molecule has 0 saturated heterocycles. The van der Waals surface area contributed by atoms with Gasteiger partial charge in [-0.2, -0.15) is 0 Å². The number of esters is 3. The molecule has 0 aliphatic rings. The molecule has 0 spiro atoms. The zero-order valence-electron chi connectivity index (χ0n) is 53.6. The Labute approximate surface area is 498 Å². The summed E-state index contributed by atoms with van der Waals surface area (Å²) in [5.74, 6) is -0.872. The molecule has 1 atom stereocenters. The van der Waals surface area contributed by atoms with Crippen LogP contribution in [-0.4, -0.2) is 37.2 Å². The van der Waals surface area contributed by atoms with Gasteiger partial charge in [-0.05, 0) is 103 Å². The molecular weight excluding hydrogens is 985 g/mol. The van der Waals surface area contributed by atoms with E-state index < -0.39 is 6.10 Å². The number of hydrogen-bond donors (Lipinski definition) is 0. The summed E-state index contributed by atoms with van der Waals surface area (Å²) in [4.78, 5) is 38.4. The number of unbranched alkanes of at least 4 members (excludes halogenated alkanes) is 44. The van der Waals surface area contributed by atoms with Gasteiger partial charge in [0.05, 0.1) is 0 Å². The van der Waals surface area contributed by atoms with Crippen molar-refractivity contribution in [3.63, 3.8) is 0 Å². The zero-order valence-corrected chi connectivity index (χ0v) is 53.6. The van der Waals surface area contributed by atoms with Crippen LogP contribution in [-0.2, 0) is 28.6 Å². The molecule has 1 unspecified atom stereocenters. The molecule has 0 bridgehead atoms. The average Bonchev–Trinajstić information content (AvgIpc) is 3.46. The fourth-order valence-corrected chi connectivity index (χ4v) is 10.4. The molecule has 466 valence electrons. The van der Waals surface area contributed by atoms with Gasteiger partial charge < -0.3 is 14.2 Å². The Balaban J connectivity index is 4.28. The Morgan fingerprint density at radius 3 is 0.738 bits per heavy atom. The smallest absolute Gasteiger partial charge is 0.306 e. The average molecular weight is 1120 g/mol. The molecule has 6 nitrogen and oxygen atoms in total. The van der Waals surface area contributed by atoms with E-state index in [1.165, 1.54) is 250 Å². The molecule has 0 N–H and O–H groups in total. The molecule has 0 amide bonds. The molecular formula is C74H134O6. The van der Waals surface area contributed by atoms with Crippen molar-refractivity contribution in [2.45, 2.75) is 380 Å². The SMILES string of the molecule is CCCC/C=C\C/C=C\CCCCCCCC(=O)OCC(COC(=O)CCCCCCCCCCCCCCC/C=C\CCCCCCCCCC)OC(=O)CCCCCCCCCCCCC/C=C\C/C=C\CCCCCCC. The molecule has 0 rings (SSSR count). The summed E-state index contributed by atoms with van der Waals surface area (Å²) in [6.07, 6.45) is 88.2. The molecule has 80 heavy (non-hydrogen) atoms. The van der Waals surface area contributed by atoms with Gasteiger partial charge in [0.25, 0.3) is 0 Å². The quantitative estimate of drug-likeness (QED) is 0.0261. The maximum absolute atomic E-state index is 13.0. The van der Waals surface area contributed by atoms with Crippen LogP contribution in [0.15, 0.2) is 60.8 Å². The topological polar surface area (TPSA) is 78.9 Å². The Morgan fingerprint density at radius 1 is 0.250 bits per heavy atom. The first-order chi connectivity index (χ1) is 39.5. The minimum Gasteiger partial charge on any atom is -0.462 e. The fraction of sp³-hybridized carbons (Fsp3) is 0.824. The number of allylic oxidation sites excluding steroid dienone is 10. The van der Waals surface area contributed by atoms with Crippen LogP contribution < -0.4 is 0 Å². The van der Waals surface area contributed by atoms with Gasteiger partial charge in [0.1, 0.15) is 13.2 Å². The Bertz CT molecular complexity index is 1430. The second kappa shape index (κ2) is 68.6. The molecule has 0 saturated carbocycles. The van der Waals surface area contributed by atoms with Crippen LogP contribution in [0.3, 0.4) is 0 Å². The third-order valence-corrected chi connectivity index (χ3v) is 15.7. The van der Waals surface area contributed by atoms with Gasteiger partial charge in [-0.15, -0.1) is 0 Å². The minimum atomic E-state index is -0.782. The van der Waals surface area contributed by atoms with Crippen molar-refractivity contribution in [3.8, 4) is 0 Å². The normalized spacial score (nSPS) is 12.4. The van der Waals surface area contributed by atoms with Gasteiger partial charge in [-0.25, -0.2) is 0 Å². The van der Waals surface area contributed by atoms with Crippen LogP contribution >= 0.6 is 0 Å². The van der Waals surface area contributed by atoms with Crippen LogP contribution in [0.2, 0.25) is 0 Å². The second-order valence-corrected chi connectivity index (χ2v) is 23.8. The molecule has 0 aromatic rings. The molecule has 0 aliphatic heterocycles. The summed E-state index contributed by atoms with van der Waals surface area (Å²) in [6.45, 7) is 6.63. The van der Waals surface area contributed by atoms with E-state index in [4.69, 9.17) is 14.2 Å². The lowest BCUT2D eigenvalue weighted by Crippen LogP contribution is -2.30. The molecule has 0 heterocycles. The monoisotopic (exact) mass is 1120 g/mol. The van der Waals surface area contributed by atoms with Crippen molar-refractivity contribution in [1.82, 2.24) is 0 Å². The molecule has 0 aliphatic carbocycles. The summed E-state index contributed by atoms with van der Waals surface area (Å²) in [6, 6.07) is 0. The summed E-state index contributed by atoms with van der Waals surface area (Å²) < 4.78 is 17.0. The Morgan fingerprint density at radius 2 is 0.463 bits per heavy atom. The number of carbonyl (C=O) groups is 3. The molecule has 0 fully saturated rings. The predicted molar refractivity (Wildman–Crippen MR) is 348 cm³/mol. The largest absolute Gasteiger partial charge is 0.462 e. The number of rotatable bonds is 65. The Hall–Kier alpha value is -2.89. The third-order valence-electron chi connectivity index (χ3n) is 15.7. The van der Waals surface area contributed by atoms with Crippen molar-refractivity contribution in [2.24, 2.45) is 0 Å². The highest BCUT2D eigenvalue weighted by molar-refractivity contribution is 5.71. The number of ether oxygens (including phenoxy) is 3. The summed E-state index contributed by atoms with van der Waals surface area (Å²) in [5, 5.41) is 0. The first-order valence-corrected chi connectivity index (χ1v) is 35.3. The zero-order chi connectivity index (χ0) is 57.8. The van der Waals surface area contributed by atoms with E-state index in [1.807, 2.05) is 0 Å². The van der Waals surface area contributed by atoms with E-state index in [-0.39, 0.29) is 31.1 Å². The van der Waals surface area contributed by atoms with Crippen molar-refractivity contribution in [1.29, 1.82) is 0 Å². The Kier molecular flexibility index (Phi) is 66.1. The van der Waals surface area contributed by atoms with Gasteiger partial charge in [-0.3, -0.25) is 14.4 Å². The van der Waals surface area contributed by atoms with E-state index in [9.17, 15) is 14.4 Å². The summed E-state index contributed by atoms with van der Waals surface area (Å²) >= 11 is 0. The van der Waals surface area contributed by atoms with Crippen LogP contribution in [0.1, 0.15) is 374 Å². The lowest BCUT2D eigenvalue weighted by atomic mass is 10.0. The standard InChI is InChI=1S/C74H134O6/c1-4-7-10-13-16-19-22-25-28-30-32-34-36-37-39-40-42-44-46-49-52-55-58-61-64-67-73(76)79-70-71(69-78-72(75)66-63-60-57-54-51-48-27-24-21-18-15-12-9-6-3)80-74(77)68-65-62-59-56-53-50-47-45-43-41-38-35-33-31-29-26-23-20-17-14-11-8-5-2/h15,18,23-24,26-27,30-33,71H,4-14,16-17,19-22,25,28-29,34-70H2,1-3H3/b18-15-,26-23-,27-24-,32-30-,33-31-. The summed E-state index contributed by atoms with van der Waals surface area (Å²) in [5.41, 5.74) is 0. The van der Waals surface area contributed by atoms with Crippen LogP contribution in [0.4, 0.5) is 0 Å².